The number of carboxylic acid groups (broad SMARTS) is 1. The Morgan fingerprint density at radius 3 is 2.68 bits per heavy atom. The molecule has 0 spiro atoms. The molecule has 0 heterocycles. The van der Waals surface area contributed by atoms with Crippen LogP contribution in [0.4, 0.5) is 0 Å². The van der Waals surface area contributed by atoms with Gasteiger partial charge in [0.15, 0.2) is 0 Å². The molecule has 22 heavy (non-hydrogen) atoms. The molecule has 1 amide bonds. The van der Waals surface area contributed by atoms with Crippen LogP contribution in [0.15, 0.2) is 24.3 Å². The lowest BCUT2D eigenvalue weighted by molar-refractivity contribution is -0.161. The molecule has 8 nitrogen and oxygen atoms in total. The van der Waals surface area contributed by atoms with Crippen molar-refractivity contribution in [3.63, 3.8) is 0 Å². The van der Waals surface area contributed by atoms with Gasteiger partial charge in [0, 0.05) is 12.2 Å². The Morgan fingerprint density at radius 1 is 1.41 bits per heavy atom. The molecule has 0 aromatic heterocycles. The molecule has 1 rings (SSSR count). The van der Waals surface area contributed by atoms with E-state index < -0.39 is 17.6 Å². The van der Waals surface area contributed by atoms with Crippen molar-refractivity contribution >= 4 is 18.1 Å². The average molecular weight is 307 g/mol. The maximum absolute atomic E-state index is 12.2. The first-order valence-corrected chi connectivity index (χ1v) is 6.60. The molecule has 1 aromatic rings. The molecule has 1 unspecified atom stereocenters. The highest BCUT2D eigenvalue weighted by atomic mass is 16.5. The molecule has 118 valence electrons. The summed E-state index contributed by atoms with van der Waals surface area (Å²) in [6.45, 7) is 3.76. The van der Waals surface area contributed by atoms with Gasteiger partial charge in [-0.05, 0) is 32.0 Å². The first-order valence-electron chi connectivity index (χ1n) is 6.60. The number of carboxylic acids is 1. The van der Waals surface area contributed by atoms with Crippen LogP contribution in [0.2, 0.25) is 0 Å². The maximum atomic E-state index is 12.2. The van der Waals surface area contributed by atoms with Gasteiger partial charge in [-0.2, -0.15) is 4.79 Å². The van der Waals surface area contributed by atoms with Gasteiger partial charge < -0.3 is 25.4 Å². The number of hydrogen-bond acceptors (Lipinski definition) is 4. The predicted octanol–water partition coefficient (Wildman–Crippen LogP) is 0.933. The van der Waals surface area contributed by atoms with Gasteiger partial charge in [-0.1, -0.05) is 6.07 Å². The number of benzene rings is 1. The van der Waals surface area contributed by atoms with Gasteiger partial charge in [-0.25, -0.2) is 4.79 Å². The van der Waals surface area contributed by atoms with Crippen LogP contribution in [-0.2, 0) is 9.53 Å². The second-order valence-electron chi connectivity index (χ2n) is 4.13. The zero-order valence-electron chi connectivity index (χ0n) is 12.3. The molecule has 2 N–H and O–H groups in total. The summed E-state index contributed by atoms with van der Waals surface area (Å²) in [5, 5.41) is 11.4. The number of nitrogens with one attached hydrogen (secondary N) is 1. The van der Waals surface area contributed by atoms with Crippen molar-refractivity contribution in [2.45, 2.75) is 19.6 Å². The quantitative estimate of drug-likeness (QED) is 0.320. The SMILES string of the molecule is CCOc1cccc(C(=O)NC(C=[N+]=[N-])(OCC)C(=O)O)c1. The Kier molecular flexibility index (Phi) is 6.25. The van der Waals surface area contributed by atoms with Crippen molar-refractivity contribution in [3.8, 4) is 5.75 Å². The van der Waals surface area contributed by atoms with Crippen LogP contribution in [0.5, 0.6) is 5.75 Å². The Labute approximate surface area is 127 Å². The second kappa shape index (κ2) is 7.92. The highest BCUT2D eigenvalue weighted by Crippen LogP contribution is 2.14. The van der Waals surface area contributed by atoms with E-state index in [-0.39, 0.29) is 12.2 Å². The number of nitrogens with zero attached hydrogens (tertiary/aromatic N) is 2. The number of carbonyl (C=O) groups excluding carboxylic acids is 1. The third-order valence-electron chi connectivity index (χ3n) is 2.64. The summed E-state index contributed by atoms with van der Waals surface area (Å²) in [5.41, 5.74) is 6.56. The third kappa shape index (κ3) is 4.15. The smallest absolute Gasteiger partial charge is 0.369 e. The summed E-state index contributed by atoms with van der Waals surface area (Å²) in [5.74, 6) is -1.75. The van der Waals surface area contributed by atoms with E-state index in [0.29, 0.717) is 18.6 Å². The molecular weight excluding hydrogens is 290 g/mol. The van der Waals surface area contributed by atoms with E-state index in [4.69, 9.17) is 15.0 Å². The summed E-state index contributed by atoms with van der Waals surface area (Å²) < 4.78 is 10.3. The van der Waals surface area contributed by atoms with E-state index in [1.54, 1.807) is 26.0 Å². The predicted molar refractivity (Wildman–Crippen MR) is 76.8 cm³/mol. The lowest BCUT2D eigenvalue weighted by Gasteiger charge is -2.22. The van der Waals surface area contributed by atoms with Crippen LogP contribution in [0.3, 0.4) is 0 Å². The Balaban J connectivity index is 3.07. The molecule has 8 heteroatoms. The molecule has 0 bridgehead atoms. The molecule has 1 atom stereocenters. The van der Waals surface area contributed by atoms with Crippen LogP contribution in [0.1, 0.15) is 24.2 Å². The van der Waals surface area contributed by atoms with Crippen LogP contribution in [0, 0.1) is 0 Å². The van der Waals surface area contributed by atoms with Crippen molar-refractivity contribution in [2.24, 2.45) is 0 Å². The summed E-state index contributed by atoms with van der Waals surface area (Å²) in [6.07, 6.45) is 0.600. The molecular formula is C14H17N3O5. The summed E-state index contributed by atoms with van der Waals surface area (Å²) >= 11 is 0. The minimum atomic E-state index is -2.25. The second-order valence-corrected chi connectivity index (χ2v) is 4.13. The van der Waals surface area contributed by atoms with Gasteiger partial charge in [0.05, 0.1) is 6.61 Å². The van der Waals surface area contributed by atoms with Crippen molar-refractivity contribution in [1.82, 2.24) is 5.32 Å². The van der Waals surface area contributed by atoms with E-state index in [9.17, 15) is 14.7 Å². The Bertz CT molecular complexity index is 594. The van der Waals surface area contributed by atoms with Crippen LogP contribution in [0.25, 0.3) is 5.53 Å². The van der Waals surface area contributed by atoms with Crippen molar-refractivity contribution in [2.75, 3.05) is 13.2 Å². The van der Waals surface area contributed by atoms with Crippen molar-refractivity contribution in [3.05, 3.63) is 35.4 Å². The van der Waals surface area contributed by atoms with Gasteiger partial charge >= 0.3 is 17.9 Å². The van der Waals surface area contributed by atoms with Crippen LogP contribution >= 0.6 is 0 Å². The average Bonchev–Trinajstić information content (AvgIpc) is 2.48. The van der Waals surface area contributed by atoms with Crippen LogP contribution in [-0.4, -0.2) is 46.9 Å². The molecule has 0 fully saturated rings. The number of aliphatic carboxylic acids is 1. The molecule has 0 aliphatic rings. The summed E-state index contributed by atoms with van der Waals surface area (Å²) in [4.78, 5) is 26.3. The van der Waals surface area contributed by atoms with Gasteiger partial charge in [-0.15, -0.1) is 0 Å². The standard InChI is InChI=1S/C14H17N3O5/c1-3-21-11-7-5-6-10(8-11)12(18)17-14(9-16-15,13(19)20)22-4-2/h5-9H,3-4H2,1-2H3,(H,17,18)(H,19,20). The molecule has 0 aliphatic heterocycles. The maximum Gasteiger partial charge on any atom is 0.369 e. The lowest BCUT2D eigenvalue weighted by atomic mass is 10.1. The first-order chi connectivity index (χ1) is 10.5. The molecule has 0 saturated carbocycles. The largest absolute Gasteiger partial charge is 0.494 e. The Hall–Kier alpha value is -2.70. The van der Waals surface area contributed by atoms with Gasteiger partial charge in [-0.3, -0.25) is 4.79 Å². The van der Waals surface area contributed by atoms with E-state index in [2.05, 4.69) is 10.1 Å². The minimum Gasteiger partial charge on any atom is -0.494 e. The first kappa shape index (κ1) is 17.4. The zero-order chi connectivity index (χ0) is 16.6. The van der Waals surface area contributed by atoms with E-state index >= 15 is 0 Å². The number of ether oxygens (including phenoxy) is 2. The van der Waals surface area contributed by atoms with E-state index in [1.165, 1.54) is 12.1 Å². The molecule has 0 radical (unpaired) electrons. The normalized spacial score (nSPS) is 12.6. The zero-order valence-corrected chi connectivity index (χ0v) is 12.3. The number of carbonyl (C=O) groups is 2. The van der Waals surface area contributed by atoms with E-state index in [0.717, 1.165) is 0 Å². The fourth-order valence-corrected chi connectivity index (χ4v) is 1.72. The van der Waals surface area contributed by atoms with Crippen molar-refractivity contribution < 1.29 is 29.0 Å². The summed E-state index contributed by atoms with van der Waals surface area (Å²) in [6, 6.07) is 6.23. The highest BCUT2D eigenvalue weighted by molar-refractivity contribution is 6.04. The fourth-order valence-electron chi connectivity index (χ4n) is 1.72. The van der Waals surface area contributed by atoms with Gasteiger partial charge in [0.25, 0.3) is 5.91 Å². The highest BCUT2D eigenvalue weighted by Gasteiger charge is 2.45. The Morgan fingerprint density at radius 2 is 2.14 bits per heavy atom. The van der Waals surface area contributed by atoms with Gasteiger partial charge in [0.2, 0.25) is 0 Å². The number of amides is 1. The topological polar surface area (TPSA) is 121 Å². The molecule has 1 aromatic carbocycles. The fraction of sp³-hybridized carbons (Fsp3) is 0.357. The third-order valence-corrected chi connectivity index (χ3v) is 2.64. The molecule has 0 saturated heterocycles. The monoisotopic (exact) mass is 307 g/mol. The number of hydrogen-bond donors (Lipinski definition) is 2. The lowest BCUT2D eigenvalue weighted by Crippen LogP contribution is -2.58. The number of rotatable bonds is 8. The summed E-state index contributed by atoms with van der Waals surface area (Å²) in [7, 11) is 0. The van der Waals surface area contributed by atoms with E-state index in [1.807, 2.05) is 0 Å². The minimum absolute atomic E-state index is 0.0163. The van der Waals surface area contributed by atoms with Gasteiger partial charge in [0.1, 0.15) is 5.75 Å². The van der Waals surface area contributed by atoms with Crippen LogP contribution < -0.4 is 10.1 Å². The molecule has 0 aliphatic carbocycles. The van der Waals surface area contributed by atoms with Crippen molar-refractivity contribution in [1.29, 1.82) is 0 Å².